The molecule has 0 radical (unpaired) electrons. The fourth-order valence-electron chi connectivity index (χ4n) is 5.54. The van der Waals surface area contributed by atoms with Crippen LogP contribution in [-0.4, -0.2) is 47.9 Å². The Labute approximate surface area is 272 Å². The summed E-state index contributed by atoms with van der Waals surface area (Å²) < 4.78 is 5.52. The number of carbonyl (C=O) groups is 2. The number of halogens is 2. The van der Waals surface area contributed by atoms with Crippen LogP contribution in [-0.2, 0) is 13.0 Å². The molecule has 7 nitrogen and oxygen atoms in total. The average Bonchev–Trinajstić information content (AvgIpc) is 3.67. The molecule has 2 amide bonds. The van der Waals surface area contributed by atoms with Crippen LogP contribution in [0.5, 0.6) is 5.75 Å². The smallest absolute Gasteiger partial charge is 0.254 e. The number of aromatic nitrogens is 1. The Balaban J connectivity index is 1.29. The Kier molecular flexibility index (Phi) is 10.9. The molecule has 3 aromatic carbocycles. The maximum Gasteiger partial charge on any atom is 0.254 e. The predicted octanol–water partition coefficient (Wildman–Crippen LogP) is 7.27. The van der Waals surface area contributed by atoms with Crippen molar-refractivity contribution in [3.05, 3.63) is 115 Å². The number of nitrogens with one attached hydrogen (secondary N) is 2. The van der Waals surface area contributed by atoms with Crippen molar-refractivity contribution in [2.75, 3.05) is 20.2 Å². The second kappa shape index (κ2) is 15.0. The van der Waals surface area contributed by atoms with E-state index >= 15 is 0 Å². The number of hydrogen-bond donors (Lipinski definition) is 2. The van der Waals surface area contributed by atoms with Crippen molar-refractivity contribution < 1.29 is 14.3 Å². The number of likely N-dealkylation sites (tertiary alicyclic amines) is 1. The zero-order valence-corrected chi connectivity index (χ0v) is 27.1. The number of benzene rings is 3. The summed E-state index contributed by atoms with van der Waals surface area (Å²) in [5.41, 5.74) is 3.88. The van der Waals surface area contributed by atoms with Gasteiger partial charge < -0.3 is 20.3 Å². The van der Waals surface area contributed by atoms with Crippen molar-refractivity contribution in [1.82, 2.24) is 20.5 Å². The molecule has 1 aliphatic heterocycles. The van der Waals surface area contributed by atoms with Crippen molar-refractivity contribution >= 4 is 46.4 Å². The van der Waals surface area contributed by atoms with E-state index in [4.69, 9.17) is 27.9 Å². The molecule has 2 N–H and O–H groups in total. The highest BCUT2D eigenvalue weighted by Gasteiger charge is 2.33. The van der Waals surface area contributed by atoms with Gasteiger partial charge in [0.1, 0.15) is 10.8 Å². The predicted molar refractivity (Wildman–Crippen MR) is 177 cm³/mol. The fourth-order valence-corrected chi connectivity index (χ4v) is 7.06. The Morgan fingerprint density at radius 3 is 2.50 bits per heavy atom. The van der Waals surface area contributed by atoms with E-state index in [0.717, 1.165) is 34.7 Å². The van der Waals surface area contributed by atoms with Crippen LogP contribution in [0.2, 0.25) is 10.0 Å². The maximum atomic E-state index is 13.8. The first-order valence-corrected chi connectivity index (χ1v) is 16.3. The summed E-state index contributed by atoms with van der Waals surface area (Å²) in [7, 11) is 1.54. The molecule has 1 aromatic heterocycles. The van der Waals surface area contributed by atoms with Gasteiger partial charge in [0.05, 0.1) is 13.2 Å². The summed E-state index contributed by atoms with van der Waals surface area (Å²) in [6.07, 6.45) is 3.13. The lowest BCUT2D eigenvalue weighted by atomic mass is 10.0. The van der Waals surface area contributed by atoms with Crippen LogP contribution in [0.15, 0.2) is 72.1 Å². The van der Waals surface area contributed by atoms with Crippen LogP contribution in [0, 0.1) is 6.92 Å². The number of hydrogen-bond acceptors (Lipinski definition) is 6. The minimum atomic E-state index is -0.256. The van der Waals surface area contributed by atoms with Gasteiger partial charge in [0.15, 0.2) is 0 Å². The van der Waals surface area contributed by atoms with Gasteiger partial charge in [0.25, 0.3) is 11.8 Å². The summed E-state index contributed by atoms with van der Waals surface area (Å²) in [5, 5.41) is 10.8. The summed E-state index contributed by atoms with van der Waals surface area (Å²) >= 11 is 13.9. The molecule has 1 aliphatic rings. The number of rotatable bonds is 12. The fraction of sp³-hybridized carbons (Fsp3) is 0.324. The SMILES string of the molecule is COc1cc(C(=O)N[C@H](CCNCc2cc(Cl)cc(Cl)c2)Cc2ccccc2)cc(C(=O)N2CCC[C@@H]2c2nc(C)cs2)c1. The van der Waals surface area contributed by atoms with Gasteiger partial charge in [-0.1, -0.05) is 53.5 Å². The van der Waals surface area contributed by atoms with Crippen LogP contribution < -0.4 is 15.4 Å². The Hall–Kier alpha value is -3.43. The van der Waals surface area contributed by atoms with Crippen LogP contribution in [0.3, 0.4) is 0 Å². The molecule has 1 fully saturated rings. The van der Waals surface area contributed by atoms with E-state index in [2.05, 4.69) is 27.8 Å². The molecule has 0 unspecified atom stereocenters. The summed E-state index contributed by atoms with van der Waals surface area (Å²) in [6.45, 7) is 3.88. The average molecular weight is 652 g/mol. The van der Waals surface area contributed by atoms with Crippen LogP contribution in [0.25, 0.3) is 0 Å². The van der Waals surface area contributed by atoms with Gasteiger partial charge in [0, 0.05) is 51.4 Å². The third kappa shape index (κ3) is 8.39. The summed E-state index contributed by atoms with van der Waals surface area (Å²) in [6, 6.07) is 20.4. The molecule has 1 saturated heterocycles. The third-order valence-electron chi connectivity index (χ3n) is 7.67. The molecule has 5 rings (SSSR count). The normalized spacial score (nSPS) is 15.3. The Morgan fingerprint density at radius 1 is 1.05 bits per heavy atom. The number of amides is 2. The maximum absolute atomic E-state index is 13.8. The third-order valence-corrected chi connectivity index (χ3v) is 9.17. The molecular weight excluding hydrogens is 615 g/mol. The van der Waals surface area contributed by atoms with E-state index < -0.39 is 0 Å². The number of nitrogens with zero attached hydrogens (tertiary/aromatic N) is 2. The number of thiazole rings is 1. The minimum absolute atomic E-state index is 0.0598. The van der Waals surface area contributed by atoms with E-state index in [0.29, 0.717) is 59.4 Å². The lowest BCUT2D eigenvalue weighted by Gasteiger charge is -2.24. The standard InChI is InChI=1S/C34H36Cl2N4O3S/c1-22-21-44-33(38-22)31-9-6-12-40(31)34(42)26-16-25(17-30(18-26)43-2)32(41)39-29(15-23-7-4-3-5-8-23)10-11-37-20-24-13-27(35)19-28(36)14-24/h3-5,7-8,13-14,16-19,21,29,31,37H,6,9-12,15,20H2,1-2H3,(H,39,41)/t29-,31-/m1/s1. The monoisotopic (exact) mass is 650 g/mol. The van der Waals surface area contributed by atoms with Gasteiger partial charge in [-0.2, -0.15) is 0 Å². The minimum Gasteiger partial charge on any atom is -0.497 e. The molecule has 4 aromatic rings. The van der Waals surface area contributed by atoms with Crippen molar-refractivity contribution in [3.8, 4) is 5.75 Å². The van der Waals surface area contributed by atoms with Crippen molar-refractivity contribution in [2.24, 2.45) is 0 Å². The van der Waals surface area contributed by atoms with Gasteiger partial charge in [-0.05, 0) is 86.7 Å². The largest absolute Gasteiger partial charge is 0.497 e. The molecule has 230 valence electrons. The van der Waals surface area contributed by atoms with E-state index in [-0.39, 0.29) is 23.9 Å². The number of methoxy groups -OCH3 is 1. The van der Waals surface area contributed by atoms with Crippen LogP contribution >= 0.6 is 34.5 Å². The zero-order chi connectivity index (χ0) is 31.1. The van der Waals surface area contributed by atoms with Crippen molar-refractivity contribution in [2.45, 2.75) is 51.2 Å². The van der Waals surface area contributed by atoms with Gasteiger partial charge in [0.2, 0.25) is 0 Å². The molecule has 2 atom stereocenters. The van der Waals surface area contributed by atoms with E-state index in [1.807, 2.05) is 47.5 Å². The molecule has 44 heavy (non-hydrogen) atoms. The van der Waals surface area contributed by atoms with E-state index in [1.54, 1.807) is 42.7 Å². The first-order valence-electron chi connectivity index (χ1n) is 14.7. The van der Waals surface area contributed by atoms with Crippen molar-refractivity contribution in [3.63, 3.8) is 0 Å². The Bertz CT molecular complexity index is 1580. The lowest BCUT2D eigenvalue weighted by Crippen LogP contribution is -2.38. The molecular formula is C34H36Cl2N4O3S. The number of aryl methyl sites for hydroxylation is 1. The summed E-state index contributed by atoms with van der Waals surface area (Å²) in [4.78, 5) is 34.0. The van der Waals surface area contributed by atoms with Gasteiger partial charge in [-0.3, -0.25) is 9.59 Å². The van der Waals surface area contributed by atoms with Crippen molar-refractivity contribution in [1.29, 1.82) is 0 Å². The molecule has 0 spiro atoms. The topological polar surface area (TPSA) is 83.6 Å². The zero-order valence-electron chi connectivity index (χ0n) is 24.8. The highest BCUT2D eigenvalue weighted by atomic mass is 35.5. The highest BCUT2D eigenvalue weighted by Crippen LogP contribution is 2.35. The van der Waals surface area contributed by atoms with Gasteiger partial charge in [-0.15, -0.1) is 11.3 Å². The highest BCUT2D eigenvalue weighted by molar-refractivity contribution is 7.09. The van der Waals surface area contributed by atoms with Gasteiger partial charge in [-0.25, -0.2) is 4.98 Å². The number of ether oxygens (including phenoxy) is 1. The molecule has 0 aliphatic carbocycles. The van der Waals surface area contributed by atoms with Gasteiger partial charge >= 0.3 is 0 Å². The molecule has 0 saturated carbocycles. The number of carbonyl (C=O) groups excluding carboxylic acids is 2. The van der Waals surface area contributed by atoms with E-state index in [1.165, 1.54) is 0 Å². The second-order valence-electron chi connectivity index (χ2n) is 11.0. The molecule has 10 heteroatoms. The lowest BCUT2D eigenvalue weighted by molar-refractivity contribution is 0.0735. The quantitative estimate of drug-likeness (QED) is 0.158. The molecule has 2 heterocycles. The summed E-state index contributed by atoms with van der Waals surface area (Å²) in [5.74, 6) is 0.0804. The molecule has 0 bridgehead atoms. The van der Waals surface area contributed by atoms with Crippen LogP contribution in [0.4, 0.5) is 0 Å². The van der Waals surface area contributed by atoms with Crippen LogP contribution in [0.1, 0.15) is 67.8 Å². The van der Waals surface area contributed by atoms with E-state index in [9.17, 15) is 9.59 Å². The Morgan fingerprint density at radius 2 is 1.80 bits per heavy atom. The first kappa shape index (κ1) is 32.0. The second-order valence-corrected chi connectivity index (χ2v) is 12.8. The first-order chi connectivity index (χ1) is 21.3.